The van der Waals surface area contributed by atoms with Gasteiger partial charge in [0.05, 0.1) is 0 Å². The molecule has 0 heterocycles. The highest BCUT2D eigenvalue weighted by molar-refractivity contribution is 4.62. The van der Waals surface area contributed by atoms with E-state index in [9.17, 15) is 0 Å². The molecule has 0 aromatic rings. The summed E-state index contributed by atoms with van der Waals surface area (Å²) in [4.78, 5) is 0. The molecule has 0 amide bonds. The molecule has 0 fully saturated rings. The van der Waals surface area contributed by atoms with Crippen LogP contribution in [0.1, 0.15) is 245 Å². The highest BCUT2D eigenvalue weighted by Crippen LogP contribution is 2.24. The van der Waals surface area contributed by atoms with Gasteiger partial charge in [0.25, 0.3) is 0 Å². The van der Waals surface area contributed by atoms with Gasteiger partial charge in [-0.1, -0.05) is 245 Å². The first-order valence-electron chi connectivity index (χ1n) is 19.3. The zero-order chi connectivity index (χ0) is 28.3. The van der Waals surface area contributed by atoms with Crippen LogP contribution in [0.4, 0.5) is 0 Å². The smallest absolute Gasteiger partial charge is 0.0414 e. The van der Waals surface area contributed by atoms with Gasteiger partial charge in [-0.15, -0.1) is 0 Å². The Labute approximate surface area is 251 Å². The van der Waals surface area contributed by atoms with E-state index in [1.807, 2.05) is 0 Å². The quantitative estimate of drug-likeness (QED) is 0.0691. The normalized spacial score (nSPS) is 12.4. The van der Waals surface area contributed by atoms with Crippen LogP contribution in [-0.4, -0.2) is 0 Å². The van der Waals surface area contributed by atoms with Crippen molar-refractivity contribution in [3.63, 3.8) is 0 Å². The molecule has 0 N–H and O–H groups in total. The van der Waals surface area contributed by atoms with E-state index in [0.717, 1.165) is 5.92 Å². The van der Waals surface area contributed by atoms with Gasteiger partial charge in [-0.05, 0) is 5.92 Å². The Morgan fingerprint density at radius 2 is 0.385 bits per heavy atom. The van der Waals surface area contributed by atoms with E-state index in [1.54, 1.807) is 0 Å². The van der Waals surface area contributed by atoms with Crippen molar-refractivity contribution in [2.24, 2.45) is 5.92 Å². The average Bonchev–Trinajstić information content (AvgIpc) is 2.95. The lowest BCUT2D eigenvalue weighted by atomic mass is 9.90. The third-order valence-corrected chi connectivity index (χ3v) is 9.40. The van der Waals surface area contributed by atoms with Crippen molar-refractivity contribution < 1.29 is 0 Å². The lowest BCUT2D eigenvalue weighted by Gasteiger charge is -2.16. The summed E-state index contributed by atoms with van der Waals surface area (Å²) in [6.45, 7) is 7.00. The highest BCUT2D eigenvalue weighted by atomic mass is 14.1. The highest BCUT2D eigenvalue weighted by Gasteiger charge is 2.08. The lowest BCUT2D eigenvalue weighted by Crippen LogP contribution is -2.01. The van der Waals surface area contributed by atoms with Gasteiger partial charge in [0.15, 0.2) is 0 Å². The molecule has 0 aliphatic carbocycles. The van der Waals surface area contributed by atoms with Crippen LogP contribution < -0.4 is 0 Å². The zero-order valence-corrected chi connectivity index (χ0v) is 28.3. The van der Waals surface area contributed by atoms with Crippen LogP contribution in [0.25, 0.3) is 0 Å². The second-order valence-corrected chi connectivity index (χ2v) is 13.5. The molecule has 236 valence electrons. The predicted octanol–water partition coefficient (Wildman–Crippen LogP) is 15.3. The molecule has 0 radical (unpaired) electrons. The van der Waals surface area contributed by atoms with Crippen LogP contribution in [-0.2, 0) is 0 Å². The van der Waals surface area contributed by atoms with Gasteiger partial charge in [0.2, 0.25) is 0 Å². The van der Waals surface area contributed by atoms with Gasteiger partial charge in [0, 0.05) is 0 Å². The topological polar surface area (TPSA) is 0 Å². The van der Waals surface area contributed by atoms with Crippen LogP contribution >= 0.6 is 0 Å². The summed E-state index contributed by atoms with van der Waals surface area (Å²) in [5.74, 6) is 1.04. The molecule has 0 aromatic heterocycles. The predicted molar refractivity (Wildman–Crippen MR) is 182 cm³/mol. The molecule has 0 aliphatic rings. The summed E-state index contributed by atoms with van der Waals surface area (Å²) in [6.07, 6.45) is 51.8. The summed E-state index contributed by atoms with van der Waals surface area (Å²) in [7, 11) is 0. The van der Waals surface area contributed by atoms with Crippen LogP contribution in [0.5, 0.6) is 0 Å². The first kappa shape index (κ1) is 39.0. The molecular weight excluding hydrogens is 468 g/mol. The number of unbranched alkanes of at least 4 members (excludes halogenated alkanes) is 29. The van der Waals surface area contributed by atoms with E-state index < -0.39 is 0 Å². The van der Waals surface area contributed by atoms with Crippen molar-refractivity contribution in [3.05, 3.63) is 0 Å². The molecule has 0 aliphatic heterocycles. The molecule has 1 unspecified atom stereocenters. The summed E-state index contributed by atoms with van der Waals surface area (Å²) in [6, 6.07) is 0. The SMILES string of the molecule is CCCCCCCCCCCCCCCCCCCCCCCC(CCCC)CCCCCCCCCCC. The molecular formula is C39H80. The maximum Gasteiger partial charge on any atom is -0.0414 e. The van der Waals surface area contributed by atoms with Gasteiger partial charge in [-0.3, -0.25) is 0 Å². The second kappa shape index (κ2) is 36.0. The molecule has 0 bridgehead atoms. The van der Waals surface area contributed by atoms with E-state index in [-0.39, 0.29) is 0 Å². The fraction of sp³-hybridized carbons (Fsp3) is 1.00. The van der Waals surface area contributed by atoms with Gasteiger partial charge in [-0.25, -0.2) is 0 Å². The Kier molecular flexibility index (Phi) is 36.0. The molecule has 0 heteroatoms. The van der Waals surface area contributed by atoms with Gasteiger partial charge < -0.3 is 0 Å². The Hall–Kier alpha value is 0. The Morgan fingerprint density at radius 3 is 0.615 bits per heavy atom. The van der Waals surface area contributed by atoms with E-state index in [0.29, 0.717) is 0 Å². The van der Waals surface area contributed by atoms with E-state index in [4.69, 9.17) is 0 Å². The molecule has 0 rings (SSSR count). The molecule has 0 nitrogen and oxygen atoms in total. The molecule has 0 saturated carbocycles. The monoisotopic (exact) mass is 549 g/mol. The number of rotatable bonds is 35. The summed E-state index contributed by atoms with van der Waals surface area (Å²) < 4.78 is 0. The lowest BCUT2D eigenvalue weighted by molar-refractivity contribution is 0.370. The Balaban J connectivity index is 3.38. The van der Waals surface area contributed by atoms with E-state index >= 15 is 0 Å². The standard InChI is InChI=1S/C39H80/c1-4-7-10-12-14-16-17-18-19-20-21-22-23-24-25-26-27-29-31-33-35-38-39(36-9-6-3)37-34-32-30-28-15-13-11-8-5-2/h39H,4-38H2,1-3H3. The van der Waals surface area contributed by atoms with Gasteiger partial charge >= 0.3 is 0 Å². The van der Waals surface area contributed by atoms with Crippen molar-refractivity contribution >= 4 is 0 Å². The third kappa shape index (κ3) is 34.1. The fourth-order valence-corrected chi connectivity index (χ4v) is 6.53. The second-order valence-electron chi connectivity index (χ2n) is 13.5. The summed E-state index contributed by atoms with van der Waals surface area (Å²) >= 11 is 0. The molecule has 0 spiro atoms. The average molecular weight is 549 g/mol. The minimum Gasteiger partial charge on any atom is -0.0654 e. The Bertz CT molecular complexity index is 399. The Morgan fingerprint density at radius 1 is 0.205 bits per heavy atom. The maximum absolute atomic E-state index is 2.37. The van der Waals surface area contributed by atoms with Crippen LogP contribution in [0.15, 0.2) is 0 Å². The summed E-state index contributed by atoms with van der Waals surface area (Å²) in [5.41, 5.74) is 0. The van der Waals surface area contributed by atoms with Gasteiger partial charge in [0.1, 0.15) is 0 Å². The van der Waals surface area contributed by atoms with Crippen molar-refractivity contribution in [1.82, 2.24) is 0 Å². The van der Waals surface area contributed by atoms with Crippen molar-refractivity contribution in [2.45, 2.75) is 245 Å². The molecule has 1 atom stereocenters. The van der Waals surface area contributed by atoms with E-state index in [1.165, 1.54) is 225 Å². The van der Waals surface area contributed by atoms with Crippen molar-refractivity contribution in [3.8, 4) is 0 Å². The maximum atomic E-state index is 2.37. The van der Waals surface area contributed by atoms with Gasteiger partial charge in [-0.2, -0.15) is 0 Å². The number of hydrogen-bond acceptors (Lipinski definition) is 0. The van der Waals surface area contributed by atoms with Crippen LogP contribution in [0.2, 0.25) is 0 Å². The third-order valence-electron chi connectivity index (χ3n) is 9.40. The zero-order valence-electron chi connectivity index (χ0n) is 28.3. The summed E-state index contributed by atoms with van der Waals surface area (Å²) in [5, 5.41) is 0. The first-order chi connectivity index (χ1) is 19.3. The molecule has 0 saturated heterocycles. The minimum absolute atomic E-state index is 1.04. The minimum atomic E-state index is 1.04. The first-order valence-corrected chi connectivity index (χ1v) is 19.3. The van der Waals surface area contributed by atoms with Crippen LogP contribution in [0.3, 0.4) is 0 Å². The largest absolute Gasteiger partial charge is 0.0654 e. The van der Waals surface area contributed by atoms with Crippen molar-refractivity contribution in [1.29, 1.82) is 0 Å². The molecule has 0 aromatic carbocycles. The van der Waals surface area contributed by atoms with E-state index in [2.05, 4.69) is 20.8 Å². The molecule has 39 heavy (non-hydrogen) atoms. The van der Waals surface area contributed by atoms with Crippen LogP contribution in [0, 0.1) is 5.92 Å². The number of hydrogen-bond donors (Lipinski definition) is 0. The van der Waals surface area contributed by atoms with Crippen molar-refractivity contribution in [2.75, 3.05) is 0 Å². The fourth-order valence-electron chi connectivity index (χ4n) is 6.53.